The van der Waals surface area contributed by atoms with Crippen LogP contribution in [0.4, 0.5) is 5.69 Å². The normalized spacial score (nSPS) is 15.6. The minimum absolute atomic E-state index is 0.0312. The number of nitrogens with one attached hydrogen (secondary N) is 1. The Hall–Kier alpha value is -2.25. The first-order valence-electron chi connectivity index (χ1n) is 11.1. The highest BCUT2D eigenvalue weighted by Crippen LogP contribution is 2.37. The zero-order valence-corrected chi connectivity index (χ0v) is 19.0. The number of nitrogens with zero attached hydrogens (tertiary/aromatic N) is 1. The van der Waals surface area contributed by atoms with Gasteiger partial charge in [0.15, 0.2) is 0 Å². The second kappa shape index (κ2) is 13.2. The molecule has 172 valence electrons. The first kappa shape index (κ1) is 25.0. The molecule has 0 aromatic heterocycles. The Morgan fingerprint density at radius 1 is 1.13 bits per heavy atom. The monoisotopic (exact) mass is 432 g/mol. The molecule has 1 saturated carbocycles. The van der Waals surface area contributed by atoms with Crippen LogP contribution in [0.3, 0.4) is 0 Å². The zero-order chi connectivity index (χ0) is 22.6. The van der Waals surface area contributed by atoms with Crippen LogP contribution in [-0.2, 0) is 23.9 Å². The van der Waals surface area contributed by atoms with Crippen LogP contribution >= 0.6 is 0 Å². The minimum Gasteiger partial charge on any atom is -0.379 e. The first-order chi connectivity index (χ1) is 14.9. The van der Waals surface area contributed by atoms with Gasteiger partial charge in [-0.1, -0.05) is 31.0 Å². The molecule has 7 heteroatoms. The highest BCUT2D eigenvalue weighted by Gasteiger charge is 2.37. The predicted molar refractivity (Wildman–Crippen MR) is 120 cm³/mol. The molecule has 1 fully saturated rings. The number of ether oxygens (including phenoxy) is 2. The maximum atomic E-state index is 12.7. The molecule has 1 aliphatic rings. The largest absolute Gasteiger partial charge is 0.379 e. The van der Waals surface area contributed by atoms with Gasteiger partial charge in [0, 0.05) is 25.2 Å². The number of aryl methyl sites for hydroxylation is 1. The summed E-state index contributed by atoms with van der Waals surface area (Å²) >= 11 is 0. The second-order valence-corrected chi connectivity index (χ2v) is 8.36. The molecule has 7 nitrogen and oxygen atoms in total. The van der Waals surface area contributed by atoms with Gasteiger partial charge in [-0.3, -0.25) is 9.59 Å². The summed E-state index contributed by atoms with van der Waals surface area (Å²) in [5.41, 5.74) is 1.92. The lowest BCUT2D eigenvalue weighted by molar-refractivity contribution is -0.142. The number of aldehydes is 1. The molecule has 2 unspecified atom stereocenters. The fourth-order valence-corrected chi connectivity index (χ4v) is 3.65. The Morgan fingerprint density at radius 3 is 2.35 bits per heavy atom. The van der Waals surface area contributed by atoms with Gasteiger partial charge in [0.2, 0.25) is 11.8 Å². The maximum absolute atomic E-state index is 12.7. The SMILES string of the molecule is Cc1ccc(NC(=O)CCOCCOCCN(C)C(=O)C(C(C)C=O)C2CCC2)cc1. The average Bonchev–Trinajstić information content (AvgIpc) is 2.72. The molecule has 1 N–H and O–H groups in total. The minimum atomic E-state index is -0.252. The Bertz CT molecular complexity index is 702. The number of anilines is 1. The molecule has 2 atom stereocenters. The lowest BCUT2D eigenvalue weighted by atomic mass is 9.70. The van der Waals surface area contributed by atoms with E-state index in [9.17, 15) is 14.4 Å². The Kier molecular flexibility index (Phi) is 10.7. The van der Waals surface area contributed by atoms with Crippen LogP contribution in [0.15, 0.2) is 24.3 Å². The third-order valence-corrected chi connectivity index (χ3v) is 5.85. The van der Waals surface area contributed by atoms with Crippen molar-refractivity contribution < 1.29 is 23.9 Å². The summed E-state index contributed by atoms with van der Waals surface area (Å²) in [6, 6.07) is 7.64. The highest BCUT2D eigenvalue weighted by molar-refractivity contribution is 5.90. The van der Waals surface area contributed by atoms with Crippen molar-refractivity contribution in [1.29, 1.82) is 0 Å². The zero-order valence-electron chi connectivity index (χ0n) is 19.0. The quantitative estimate of drug-likeness (QED) is 0.361. The molecule has 0 bridgehead atoms. The van der Waals surface area contributed by atoms with E-state index in [0.29, 0.717) is 38.9 Å². The van der Waals surface area contributed by atoms with E-state index in [0.717, 1.165) is 36.8 Å². The van der Waals surface area contributed by atoms with Crippen LogP contribution in [-0.4, -0.2) is 63.0 Å². The number of hydrogen-bond donors (Lipinski definition) is 1. The van der Waals surface area contributed by atoms with E-state index in [1.165, 1.54) is 0 Å². The lowest BCUT2D eigenvalue weighted by Gasteiger charge is -2.36. The third-order valence-electron chi connectivity index (χ3n) is 5.85. The molecule has 0 saturated heterocycles. The van der Waals surface area contributed by atoms with Crippen LogP contribution in [0, 0.1) is 24.7 Å². The average molecular weight is 433 g/mol. The van der Waals surface area contributed by atoms with Crippen molar-refractivity contribution in [3.63, 3.8) is 0 Å². The van der Waals surface area contributed by atoms with Gasteiger partial charge in [0.25, 0.3) is 0 Å². The standard InChI is InChI=1S/C24H36N2O5/c1-18-7-9-21(10-8-18)25-22(28)11-13-30-15-16-31-14-12-26(3)24(29)23(19(2)17-27)20-5-4-6-20/h7-10,17,19-20,23H,4-6,11-16H2,1-3H3,(H,25,28). The van der Waals surface area contributed by atoms with E-state index in [1.54, 1.807) is 11.9 Å². The summed E-state index contributed by atoms with van der Waals surface area (Å²) in [7, 11) is 1.76. The third kappa shape index (κ3) is 8.42. The van der Waals surface area contributed by atoms with E-state index in [4.69, 9.17) is 9.47 Å². The van der Waals surface area contributed by atoms with Crippen LogP contribution in [0.2, 0.25) is 0 Å². The molecule has 1 aromatic carbocycles. The van der Waals surface area contributed by atoms with Crippen molar-refractivity contribution in [2.75, 3.05) is 45.3 Å². The second-order valence-electron chi connectivity index (χ2n) is 8.36. The van der Waals surface area contributed by atoms with Crippen LogP contribution < -0.4 is 5.32 Å². The van der Waals surface area contributed by atoms with Crippen molar-refractivity contribution >= 4 is 23.8 Å². The van der Waals surface area contributed by atoms with Crippen molar-refractivity contribution in [1.82, 2.24) is 4.90 Å². The van der Waals surface area contributed by atoms with Gasteiger partial charge in [-0.05, 0) is 37.8 Å². The van der Waals surface area contributed by atoms with E-state index in [1.807, 2.05) is 38.1 Å². The molecule has 0 spiro atoms. The van der Waals surface area contributed by atoms with Crippen molar-refractivity contribution in [2.24, 2.45) is 17.8 Å². The van der Waals surface area contributed by atoms with Crippen LogP contribution in [0.5, 0.6) is 0 Å². The fraction of sp³-hybridized carbons (Fsp3) is 0.625. The number of rotatable bonds is 14. The van der Waals surface area contributed by atoms with Crippen LogP contribution in [0.25, 0.3) is 0 Å². The summed E-state index contributed by atoms with van der Waals surface area (Å²) in [5, 5.41) is 2.83. The lowest BCUT2D eigenvalue weighted by Crippen LogP contribution is -2.43. The topological polar surface area (TPSA) is 84.9 Å². The summed E-state index contributed by atoms with van der Waals surface area (Å²) in [6.07, 6.45) is 4.37. The molecule has 31 heavy (non-hydrogen) atoms. The van der Waals surface area contributed by atoms with E-state index < -0.39 is 0 Å². The number of likely N-dealkylation sites (N-methyl/N-ethyl adjacent to an activating group) is 1. The summed E-state index contributed by atoms with van der Waals surface area (Å²) in [6.45, 7) is 5.83. The van der Waals surface area contributed by atoms with Crippen molar-refractivity contribution in [2.45, 2.75) is 39.5 Å². The van der Waals surface area contributed by atoms with Gasteiger partial charge < -0.3 is 24.5 Å². The molecular formula is C24H36N2O5. The number of carbonyl (C=O) groups excluding carboxylic acids is 3. The highest BCUT2D eigenvalue weighted by atomic mass is 16.5. The number of amides is 2. The molecule has 2 amide bonds. The molecule has 1 aliphatic carbocycles. The van der Waals surface area contributed by atoms with Crippen molar-refractivity contribution in [3.05, 3.63) is 29.8 Å². The summed E-state index contributed by atoms with van der Waals surface area (Å²) in [5.74, 6) is -0.199. The van der Waals surface area contributed by atoms with Gasteiger partial charge in [-0.25, -0.2) is 0 Å². The number of hydrogen-bond acceptors (Lipinski definition) is 5. The molecular weight excluding hydrogens is 396 g/mol. The van der Waals surface area contributed by atoms with Crippen LogP contribution in [0.1, 0.15) is 38.2 Å². The number of benzene rings is 1. The Labute approximate surface area is 185 Å². The summed E-state index contributed by atoms with van der Waals surface area (Å²) < 4.78 is 11.0. The first-order valence-corrected chi connectivity index (χ1v) is 11.1. The molecule has 0 aliphatic heterocycles. The van der Waals surface area contributed by atoms with Gasteiger partial charge in [-0.2, -0.15) is 0 Å². The van der Waals surface area contributed by atoms with Gasteiger partial charge in [0.05, 0.1) is 38.8 Å². The molecule has 0 radical (unpaired) electrons. The Balaban J connectivity index is 1.53. The molecule has 0 heterocycles. The van der Waals surface area contributed by atoms with Gasteiger partial charge in [0.1, 0.15) is 6.29 Å². The Morgan fingerprint density at radius 2 is 1.77 bits per heavy atom. The maximum Gasteiger partial charge on any atom is 0.226 e. The predicted octanol–water partition coefficient (Wildman–Crippen LogP) is 3.07. The van der Waals surface area contributed by atoms with E-state index in [-0.39, 0.29) is 30.1 Å². The number of carbonyl (C=O) groups is 3. The van der Waals surface area contributed by atoms with Crippen molar-refractivity contribution in [3.8, 4) is 0 Å². The van der Waals surface area contributed by atoms with Gasteiger partial charge >= 0.3 is 0 Å². The van der Waals surface area contributed by atoms with E-state index >= 15 is 0 Å². The fourth-order valence-electron chi connectivity index (χ4n) is 3.65. The van der Waals surface area contributed by atoms with E-state index in [2.05, 4.69) is 5.32 Å². The smallest absolute Gasteiger partial charge is 0.226 e. The molecule has 1 aromatic rings. The molecule has 2 rings (SSSR count). The summed E-state index contributed by atoms with van der Waals surface area (Å²) in [4.78, 5) is 37.5. The van der Waals surface area contributed by atoms with Gasteiger partial charge in [-0.15, -0.1) is 0 Å².